The molecule has 156 valence electrons. The predicted octanol–water partition coefficient (Wildman–Crippen LogP) is 5.14. The average Bonchev–Trinajstić information content (AvgIpc) is 3.17. The van der Waals surface area contributed by atoms with Crippen molar-refractivity contribution in [3.8, 4) is 5.69 Å². The highest BCUT2D eigenvalue weighted by Gasteiger charge is 2.17. The summed E-state index contributed by atoms with van der Waals surface area (Å²) < 4.78 is 14.7. The van der Waals surface area contributed by atoms with Gasteiger partial charge in [0.15, 0.2) is 5.69 Å². The Balaban J connectivity index is 1.43. The summed E-state index contributed by atoms with van der Waals surface area (Å²) in [6.07, 6.45) is 0. The van der Waals surface area contributed by atoms with Gasteiger partial charge in [0.05, 0.1) is 11.4 Å². The summed E-state index contributed by atoms with van der Waals surface area (Å²) in [5.41, 5.74) is 4.21. The van der Waals surface area contributed by atoms with Crippen LogP contribution in [0.4, 0.5) is 15.8 Å². The van der Waals surface area contributed by atoms with Gasteiger partial charge in [-0.25, -0.2) is 9.07 Å². The Hall–Kier alpha value is -4.00. The van der Waals surface area contributed by atoms with E-state index in [1.165, 1.54) is 22.4 Å². The van der Waals surface area contributed by atoms with Crippen LogP contribution < -0.4 is 10.6 Å². The van der Waals surface area contributed by atoms with E-state index in [0.29, 0.717) is 17.1 Å². The van der Waals surface area contributed by atoms with Gasteiger partial charge in [-0.15, -0.1) is 5.10 Å². The zero-order valence-electron chi connectivity index (χ0n) is 17.2. The summed E-state index contributed by atoms with van der Waals surface area (Å²) in [6.45, 7) is 3.84. The fraction of sp³-hybridized carbons (Fsp3) is 0.125. The third-order valence-corrected chi connectivity index (χ3v) is 5.01. The van der Waals surface area contributed by atoms with E-state index in [4.69, 9.17) is 0 Å². The molecular weight excluding hydrogens is 393 g/mol. The molecule has 1 atom stereocenters. The minimum absolute atomic E-state index is 0.158. The molecule has 1 aromatic heterocycles. The molecule has 3 aromatic carbocycles. The van der Waals surface area contributed by atoms with Gasteiger partial charge in [-0.2, -0.15) is 0 Å². The molecule has 0 aliphatic carbocycles. The Morgan fingerprint density at radius 1 is 0.935 bits per heavy atom. The number of carbonyl (C=O) groups excluding carboxylic acids is 1. The van der Waals surface area contributed by atoms with Crippen molar-refractivity contribution in [1.29, 1.82) is 0 Å². The minimum atomic E-state index is -0.357. The Morgan fingerprint density at radius 3 is 2.26 bits per heavy atom. The number of nitrogens with zero attached hydrogens (tertiary/aromatic N) is 3. The number of amides is 1. The van der Waals surface area contributed by atoms with Crippen molar-refractivity contribution >= 4 is 17.3 Å². The van der Waals surface area contributed by atoms with E-state index >= 15 is 0 Å². The van der Waals surface area contributed by atoms with Crippen molar-refractivity contribution in [1.82, 2.24) is 15.0 Å². The summed E-state index contributed by atoms with van der Waals surface area (Å²) >= 11 is 0. The van der Waals surface area contributed by atoms with Gasteiger partial charge in [0.2, 0.25) is 0 Å². The van der Waals surface area contributed by atoms with E-state index in [-0.39, 0.29) is 23.5 Å². The smallest absolute Gasteiger partial charge is 0.278 e. The molecule has 6 nitrogen and oxygen atoms in total. The minimum Gasteiger partial charge on any atom is -0.379 e. The number of carbonyl (C=O) groups is 1. The number of benzene rings is 3. The number of hydrogen-bond donors (Lipinski definition) is 2. The Labute approximate surface area is 179 Å². The second kappa shape index (κ2) is 8.79. The van der Waals surface area contributed by atoms with Crippen molar-refractivity contribution in [3.63, 3.8) is 0 Å². The highest BCUT2D eigenvalue weighted by molar-refractivity contribution is 6.03. The van der Waals surface area contributed by atoms with Gasteiger partial charge < -0.3 is 10.6 Å². The maximum Gasteiger partial charge on any atom is 0.278 e. The van der Waals surface area contributed by atoms with Crippen molar-refractivity contribution in [2.45, 2.75) is 19.9 Å². The summed E-state index contributed by atoms with van der Waals surface area (Å²) in [7, 11) is 0. The first-order chi connectivity index (χ1) is 15.0. The van der Waals surface area contributed by atoms with Gasteiger partial charge >= 0.3 is 0 Å². The summed E-state index contributed by atoms with van der Waals surface area (Å²) in [6, 6.07) is 23.7. The molecule has 0 saturated carbocycles. The summed E-state index contributed by atoms with van der Waals surface area (Å²) in [5, 5.41) is 14.3. The van der Waals surface area contributed by atoms with Crippen LogP contribution in [-0.4, -0.2) is 20.9 Å². The number of rotatable bonds is 6. The molecule has 7 heteroatoms. The van der Waals surface area contributed by atoms with Gasteiger partial charge in [0.1, 0.15) is 5.82 Å². The Bertz CT molecular complexity index is 1170. The van der Waals surface area contributed by atoms with Crippen LogP contribution in [0.25, 0.3) is 5.69 Å². The molecular formula is C24H22FN5O. The van der Waals surface area contributed by atoms with E-state index in [0.717, 1.165) is 5.69 Å². The van der Waals surface area contributed by atoms with Crippen molar-refractivity contribution in [3.05, 3.63) is 102 Å². The fourth-order valence-electron chi connectivity index (χ4n) is 3.28. The van der Waals surface area contributed by atoms with Crippen LogP contribution in [0.1, 0.15) is 34.7 Å². The number of halogens is 1. The first kappa shape index (κ1) is 20.3. The lowest BCUT2D eigenvalue weighted by Crippen LogP contribution is -2.14. The van der Waals surface area contributed by atoms with Crippen LogP contribution in [-0.2, 0) is 0 Å². The molecule has 1 amide bonds. The van der Waals surface area contributed by atoms with E-state index in [9.17, 15) is 9.18 Å². The number of aromatic nitrogens is 3. The van der Waals surface area contributed by atoms with Gasteiger partial charge in [0, 0.05) is 17.4 Å². The van der Waals surface area contributed by atoms with Crippen LogP contribution in [0, 0.1) is 12.7 Å². The average molecular weight is 415 g/mol. The van der Waals surface area contributed by atoms with Gasteiger partial charge in [-0.1, -0.05) is 35.5 Å². The first-order valence-corrected chi connectivity index (χ1v) is 9.92. The van der Waals surface area contributed by atoms with E-state index in [1.54, 1.807) is 19.1 Å². The monoisotopic (exact) mass is 415 g/mol. The predicted molar refractivity (Wildman–Crippen MR) is 119 cm³/mol. The van der Waals surface area contributed by atoms with Crippen LogP contribution in [0.3, 0.4) is 0 Å². The molecule has 4 rings (SSSR count). The third kappa shape index (κ3) is 4.61. The molecule has 2 N–H and O–H groups in total. The molecule has 0 saturated heterocycles. The lowest BCUT2D eigenvalue weighted by molar-refractivity contribution is 0.102. The lowest BCUT2D eigenvalue weighted by atomic mass is 10.1. The maximum absolute atomic E-state index is 13.1. The largest absolute Gasteiger partial charge is 0.379 e. The molecule has 0 bridgehead atoms. The Kier molecular flexibility index (Phi) is 5.75. The first-order valence-electron chi connectivity index (χ1n) is 9.92. The molecule has 0 spiro atoms. The van der Waals surface area contributed by atoms with Crippen LogP contribution in [0.5, 0.6) is 0 Å². The highest BCUT2D eigenvalue weighted by atomic mass is 19.1. The maximum atomic E-state index is 13.1. The normalized spacial score (nSPS) is 11.7. The molecule has 0 radical (unpaired) electrons. The van der Waals surface area contributed by atoms with Crippen LogP contribution in [0.15, 0.2) is 78.9 Å². The van der Waals surface area contributed by atoms with Crippen LogP contribution >= 0.6 is 0 Å². The molecule has 31 heavy (non-hydrogen) atoms. The summed E-state index contributed by atoms with van der Waals surface area (Å²) in [4.78, 5) is 12.7. The van der Waals surface area contributed by atoms with Gasteiger partial charge in [-0.3, -0.25) is 4.79 Å². The zero-order valence-corrected chi connectivity index (χ0v) is 17.2. The van der Waals surface area contributed by atoms with E-state index < -0.39 is 0 Å². The second-order valence-electron chi connectivity index (χ2n) is 7.22. The number of nitrogens with one attached hydrogen (secondary N) is 2. The standard InChI is InChI=1S/C24H22FN5O/c1-16(18-6-4-3-5-7-18)26-20-10-12-21(13-11-20)27-24(31)23-17(2)30(29-28-23)22-14-8-19(25)9-15-22/h3-16,26H,1-2H3,(H,27,31). The number of hydrogen-bond acceptors (Lipinski definition) is 4. The number of anilines is 2. The van der Waals surface area contributed by atoms with Crippen LogP contribution in [0.2, 0.25) is 0 Å². The van der Waals surface area contributed by atoms with E-state index in [2.05, 4.69) is 40.0 Å². The van der Waals surface area contributed by atoms with Crippen molar-refractivity contribution < 1.29 is 9.18 Å². The van der Waals surface area contributed by atoms with Gasteiger partial charge in [0.25, 0.3) is 5.91 Å². The molecule has 0 fully saturated rings. The molecule has 4 aromatic rings. The molecule has 1 heterocycles. The molecule has 0 aliphatic heterocycles. The fourth-order valence-corrected chi connectivity index (χ4v) is 3.28. The molecule has 0 aliphatic rings. The SMILES string of the molecule is Cc1c(C(=O)Nc2ccc(NC(C)c3ccccc3)cc2)nnn1-c1ccc(F)cc1. The highest BCUT2D eigenvalue weighted by Crippen LogP contribution is 2.21. The van der Waals surface area contributed by atoms with Crippen molar-refractivity contribution in [2.75, 3.05) is 10.6 Å². The zero-order chi connectivity index (χ0) is 21.8. The molecule has 1 unspecified atom stereocenters. The van der Waals surface area contributed by atoms with E-state index in [1.807, 2.05) is 42.5 Å². The van der Waals surface area contributed by atoms with Gasteiger partial charge in [-0.05, 0) is 67.9 Å². The topological polar surface area (TPSA) is 71.8 Å². The third-order valence-electron chi connectivity index (χ3n) is 5.01. The lowest BCUT2D eigenvalue weighted by Gasteiger charge is -2.16. The quantitative estimate of drug-likeness (QED) is 0.457. The second-order valence-corrected chi connectivity index (χ2v) is 7.22. The summed E-state index contributed by atoms with van der Waals surface area (Å²) in [5.74, 6) is -0.695. The Morgan fingerprint density at radius 2 is 1.58 bits per heavy atom. The van der Waals surface area contributed by atoms with Crippen molar-refractivity contribution in [2.24, 2.45) is 0 Å².